The number of amides is 3. The monoisotopic (exact) mass is 348 g/mol. The second-order valence-corrected chi connectivity index (χ2v) is 7.89. The van der Waals surface area contributed by atoms with Crippen LogP contribution in [0.3, 0.4) is 0 Å². The van der Waals surface area contributed by atoms with Gasteiger partial charge in [-0.3, -0.25) is 9.69 Å². The van der Waals surface area contributed by atoms with E-state index < -0.39 is 0 Å². The molecule has 4 rings (SSSR count). The highest BCUT2D eigenvalue weighted by Crippen LogP contribution is 2.24. The maximum absolute atomic E-state index is 12.7. The van der Waals surface area contributed by atoms with E-state index in [1.54, 1.807) is 11.3 Å². The van der Waals surface area contributed by atoms with E-state index in [-0.39, 0.29) is 18.0 Å². The fraction of sp³-hybridized carbons (Fsp3) is 0.647. The molecule has 1 aromatic rings. The zero-order valence-corrected chi connectivity index (χ0v) is 14.7. The molecule has 7 heteroatoms. The van der Waals surface area contributed by atoms with Crippen molar-refractivity contribution in [1.82, 2.24) is 20.0 Å². The number of urea groups is 1. The maximum Gasteiger partial charge on any atom is 0.317 e. The van der Waals surface area contributed by atoms with Gasteiger partial charge in [0.1, 0.15) is 0 Å². The molecule has 3 amide bonds. The third-order valence-corrected chi connectivity index (χ3v) is 6.35. The van der Waals surface area contributed by atoms with Crippen molar-refractivity contribution < 1.29 is 9.59 Å². The molecule has 0 aromatic carbocycles. The lowest BCUT2D eigenvalue weighted by Crippen LogP contribution is -2.51. The summed E-state index contributed by atoms with van der Waals surface area (Å²) >= 11 is 1.80. The fourth-order valence-electron chi connectivity index (χ4n) is 4.02. The van der Waals surface area contributed by atoms with Gasteiger partial charge in [0.15, 0.2) is 0 Å². The molecule has 0 saturated carbocycles. The van der Waals surface area contributed by atoms with Gasteiger partial charge in [-0.25, -0.2) is 4.79 Å². The summed E-state index contributed by atoms with van der Waals surface area (Å²) in [7, 11) is 0. The minimum Gasteiger partial charge on any atom is -0.337 e. The average Bonchev–Trinajstić information content (AvgIpc) is 3.22. The lowest BCUT2D eigenvalue weighted by atomic mass is 10.0. The van der Waals surface area contributed by atoms with Crippen molar-refractivity contribution >= 4 is 23.3 Å². The first-order valence-corrected chi connectivity index (χ1v) is 9.68. The summed E-state index contributed by atoms with van der Waals surface area (Å²) in [6, 6.07) is 2.44. The molecule has 24 heavy (non-hydrogen) atoms. The van der Waals surface area contributed by atoms with Crippen molar-refractivity contribution in [3.05, 3.63) is 21.9 Å². The van der Waals surface area contributed by atoms with Gasteiger partial charge in [0.2, 0.25) is 5.91 Å². The number of hydrogen-bond donors (Lipinski definition) is 1. The molecule has 3 aliphatic heterocycles. The highest BCUT2D eigenvalue weighted by atomic mass is 32.1. The Kier molecular flexibility index (Phi) is 4.45. The number of carbonyl (C=O) groups is 2. The molecule has 1 N–H and O–H groups in total. The molecule has 1 atom stereocenters. The maximum atomic E-state index is 12.7. The zero-order valence-electron chi connectivity index (χ0n) is 13.9. The fourth-order valence-corrected chi connectivity index (χ4v) is 4.91. The third-order valence-electron chi connectivity index (χ3n) is 5.33. The van der Waals surface area contributed by atoms with Crippen molar-refractivity contribution in [3.8, 4) is 0 Å². The minimum absolute atomic E-state index is 0.0502. The summed E-state index contributed by atoms with van der Waals surface area (Å²) in [5, 5.41) is 5.00. The van der Waals surface area contributed by atoms with E-state index in [0.717, 1.165) is 58.5 Å². The summed E-state index contributed by atoms with van der Waals surface area (Å²) in [4.78, 5) is 32.1. The van der Waals surface area contributed by atoms with Crippen LogP contribution in [0.1, 0.15) is 23.3 Å². The van der Waals surface area contributed by atoms with Gasteiger partial charge in [-0.2, -0.15) is 0 Å². The van der Waals surface area contributed by atoms with E-state index in [9.17, 15) is 9.59 Å². The summed E-state index contributed by atoms with van der Waals surface area (Å²) in [5.41, 5.74) is 1.31. The van der Waals surface area contributed by atoms with Crippen LogP contribution < -0.4 is 5.32 Å². The molecule has 1 aromatic heterocycles. The third kappa shape index (κ3) is 3.15. The Hall–Kier alpha value is -1.60. The molecule has 130 valence electrons. The van der Waals surface area contributed by atoms with Crippen LogP contribution in [0.2, 0.25) is 0 Å². The largest absolute Gasteiger partial charge is 0.337 e. The lowest BCUT2D eigenvalue weighted by Gasteiger charge is -2.37. The van der Waals surface area contributed by atoms with Gasteiger partial charge >= 0.3 is 6.03 Å². The van der Waals surface area contributed by atoms with E-state index >= 15 is 0 Å². The Morgan fingerprint density at radius 2 is 2.25 bits per heavy atom. The van der Waals surface area contributed by atoms with E-state index in [4.69, 9.17) is 0 Å². The number of likely N-dealkylation sites (tertiary alicyclic amines) is 1. The second-order valence-electron chi connectivity index (χ2n) is 6.89. The quantitative estimate of drug-likeness (QED) is 0.891. The van der Waals surface area contributed by atoms with Crippen LogP contribution in [0.25, 0.3) is 0 Å². The van der Waals surface area contributed by atoms with Crippen molar-refractivity contribution in [3.63, 3.8) is 0 Å². The zero-order chi connectivity index (χ0) is 16.5. The Balaban J connectivity index is 1.33. The molecule has 0 bridgehead atoms. The predicted octanol–water partition coefficient (Wildman–Crippen LogP) is 1.12. The highest BCUT2D eigenvalue weighted by Gasteiger charge is 2.32. The lowest BCUT2D eigenvalue weighted by molar-refractivity contribution is -0.133. The Morgan fingerprint density at radius 1 is 1.33 bits per heavy atom. The van der Waals surface area contributed by atoms with Crippen molar-refractivity contribution in [2.24, 2.45) is 0 Å². The van der Waals surface area contributed by atoms with Gasteiger partial charge in [0, 0.05) is 43.6 Å². The first-order chi connectivity index (χ1) is 11.7. The van der Waals surface area contributed by atoms with Crippen LogP contribution in [0, 0.1) is 0 Å². The number of fused-ring (bicyclic) bond motifs is 1. The van der Waals surface area contributed by atoms with Crippen LogP contribution in [0.15, 0.2) is 11.4 Å². The van der Waals surface area contributed by atoms with E-state index in [1.807, 2.05) is 9.80 Å². The molecular weight excluding hydrogens is 324 g/mol. The summed E-state index contributed by atoms with van der Waals surface area (Å²) in [5.74, 6) is 0.221. The van der Waals surface area contributed by atoms with Crippen LogP contribution in [-0.4, -0.2) is 71.9 Å². The first kappa shape index (κ1) is 15.9. The van der Waals surface area contributed by atoms with Crippen LogP contribution in [0.5, 0.6) is 0 Å². The van der Waals surface area contributed by atoms with Crippen LogP contribution in [0.4, 0.5) is 4.79 Å². The second kappa shape index (κ2) is 6.72. The van der Waals surface area contributed by atoms with Crippen molar-refractivity contribution in [2.45, 2.75) is 31.8 Å². The minimum atomic E-state index is 0.0502. The Morgan fingerprint density at radius 3 is 3.08 bits per heavy atom. The van der Waals surface area contributed by atoms with Gasteiger partial charge in [-0.1, -0.05) is 0 Å². The number of nitrogens with zero attached hydrogens (tertiary/aromatic N) is 3. The van der Waals surface area contributed by atoms with E-state index in [0.29, 0.717) is 6.54 Å². The van der Waals surface area contributed by atoms with Gasteiger partial charge in [-0.15, -0.1) is 11.3 Å². The molecule has 4 heterocycles. The number of carbonyl (C=O) groups excluding carboxylic acids is 2. The molecule has 2 saturated heterocycles. The number of nitrogens with one attached hydrogen (secondary N) is 1. The van der Waals surface area contributed by atoms with Gasteiger partial charge in [0.25, 0.3) is 0 Å². The predicted molar refractivity (Wildman–Crippen MR) is 93.0 cm³/mol. The standard InChI is InChI=1S/C17H24N4O2S/c22-16(20-7-3-15-13(10-20)4-9-24-15)12-19-6-1-2-14(11-19)21-8-5-18-17(21)23/h4,9,14H,1-3,5-8,10-12H2,(H,18,23)/t14-/m1/s1. The number of hydrogen-bond acceptors (Lipinski definition) is 4. The molecule has 0 aliphatic carbocycles. The number of thiophene rings is 1. The molecule has 2 fully saturated rings. The van der Waals surface area contributed by atoms with Crippen LogP contribution >= 0.6 is 11.3 Å². The molecule has 0 unspecified atom stereocenters. The summed E-state index contributed by atoms with van der Waals surface area (Å²) in [6.07, 6.45) is 3.08. The topological polar surface area (TPSA) is 55.9 Å². The Labute approximate surface area is 146 Å². The van der Waals surface area contributed by atoms with Crippen molar-refractivity contribution in [1.29, 1.82) is 0 Å². The molecule has 0 spiro atoms. The van der Waals surface area contributed by atoms with Crippen molar-refractivity contribution in [2.75, 3.05) is 39.3 Å². The average molecular weight is 348 g/mol. The first-order valence-electron chi connectivity index (χ1n) is 8.80. The van der Waals surface area contributed by atoms with Gasteiger partial charge in [0.05, 0.1) is 6.54 Å². The molecule has 3 aliphatic rings. The van der Waals surface area contributed by atoms with Gasteiger partial charge < -0.3 is 15.1 Å². The number of rotatable bonds is 3. The summed E-state index contributed by atoms with van der Waals surface area (Å²) in [6.45, 7) is 5.36. The normalized spacial score (nSPS) is 24.8. The SMILES string of the molecule is O=C(CN1CCC[C@@H](N2CCNC2=O)C1)N1CCc2sccc2C1. The highest BCUT2D eigenvalue weighted by molar-refractivity contribution is 7.10. The smallest absolute Gasteiger partial charge is 0.317 e. The van der Waals surface area contributed by atoms with E-state index in [1.165, 1.54) is 10.4 Å². The Bertz CT molecular complexity index is 632. The van der Waals surface area contributed by atoms with E-state index in [2.05, 4.69) is 21.7 Å². The van der Waals surface area contributed by atoms with Gasteiger partial charge in [-0.05, 0) is 42.8 Å². The molecule has 0 radical (unpaired) electrons. The number of piperidine rings is 1. The molecular formula is C17H24N4O2S. The summed E-state index contributed by atoms with van der Waals surface area (Å²) < 4.78 is 0. The molecule has 6 nitrogen and oxygen atoms in total. The van der Waals surface area contributed by atoms with Crippen LogP contribution in [-0.2, 0) is 17.8 Å².